The number of carboxylic acids is 1. The van der Waals surface area contributed by atoms with Crippen LogP contribution in [0.25, 0.3) is 0 Å². The maximum Gasteiger partial charge on any atom is 0.338 e. The van der Waals surface area contributed by atoms with Gasteiger partial charge in [0.1, 0.15) is 10.8 Å². The van der Waals surface area contributed by atoms with E-state index in [1.165, 1.54) is 18.2 Å². The summed E-state index contributed by atoms with van der Waals surface area (Å²) in [6.45, 7) is 1.64. The third-order valence-corrected chi connectivity index (χ3v) is 3.28. The van der Waals surface area contributed by atoms with Crippen molar-refractivity contribution in [2.45, 2.75) is 6.92 Å². The number of pyridine rings is 1. The summed E-state index contributed by atoms with van der Waals surface area (Å²) in [5.74, 6) is -1.76. The van der Waals surface area contributed by atoms with Crippen LogP contribution in [0, 0.1) is 6.92 Å². The number of rotatable bonds is 3. The molecule has 0 saturated carbocycles. The van der Waals surface area contributed by atoms with Crippen molar-refractivity contribution in [2.75, 3.05) is 5.32 Å². The lowest BCUT2D eigenvalue weighted by Gasteiger charge is -2.11. The summed E-state index contributed by atoms with van der Waals surface area (Å²) < 4.78 is 0. The summed E-state index contributed by atoms with van der Waals surface area (Å²) in [5, 5.41) is 12.0. The number of amides is 1. The van der Waals surface area contributed by atoms with Crippen LogP contribution in [0.4, 0.5) is 5.69 Å². The van der Waals surface area contributed by atoms with E-state index in [9.17, 15) is 14.7 Å². The molecule has 108 valence electrons. The number of hydrogen-bond donors (Lipinski definition) is 2. The van der Waals surface area contributed by atoms with Gasteiger partial charge in [-0.25, -0.2) is 9.78 Å². The Morgan fingerprint density at radius 2 is 1.90 bits per heavy atom. The number of carbonyl (C=O) groups is 2. The first kappa shape index (κ1) is 15.3. The molecule has 0 aliphatic heterocycles. The molecule has 0 aliphatic carbocycles. The van der Waals surface area contributed by atoms with Crippen LogP contribution in [0.5, 0.6) is 0 Å². The molecule has 1 amide bonds. The maximum absolute atomic E-state index is 12.2. The Morgan fingerprint density at radius 1 is 1.19 bits per heavy atom. The zero-order chi connectivity index (χ0) is 15.6. The van der Waals surface area contributed by atoms with Crippen LogP contribution in [0.2, 0.25) is 10.2 Å². The lowest BCUT2D eigenvalue weighted by molar-refractivity contribution is 0.0697. The molecule has 0 saturated heterocycles. The van der Waals surface area contributed by atoms with Gasteiger partial charge in [0, 0.05) is 0 Å². The van der Waals surface area contributed by atoms with Gasteiger partial charge in [0.2, 0.25) is 0 Å². The number of anilines is 1. The molecule has 21 heavy (non-hydrogen) atoms. The second-order valence-electron chi connectivity index (χ2n) is 4.22. The van der Waals surface area contributed by atoms with E-state index in [4.69, 9.17) is 23.2 Å². The summed E-state index contributed by atoms with van der Waals surface area (Å²) in [6.07, 6.45) is 0. The molecule has 2 aromatic rings. The van der Waals surface area contributed by atoms with E-state index in [2.05, 4.69) is 10.3 Å². The Kier molecular flexibility index (Phi) is 4.45. The highest BCUT2D eigenvalue weighted by atomic mass is 35.5. The Labute approximate surface area is 130 Å². The van der Waals surface area contributed by atoms with Gasteiger partial charge in [-0.2, -0.15) is 0 Å². The number of aromatic nitrogens is 1. The van der Waals surface area contributed by atoms with Crippen LogP contribution in [-0.4, -0.2) is 22.0 Å². The Morgan fingerprint density at radius 3 is 2.57 bits per heavy atom. The van der Waals surface area contributed by atoms with E-state index >= 15 is 0 Å². The molecule has 0 bridgehead atoms. The molecular weight excluding hydrogens is 315 g/mol. The van der Waals surface area contributed by atoms with Gasteiger partial charge in [-0.05, 0) is 30.7 Å². The molecule has 1 aromatic heterocycles. The van der Waals surface area contributed by atoms with Gasteiger partial charge in [0.05, 0.1) is 16.3 Å². The van der Waals surface area contributed by atoms with Gasteiger partial charge < -0.3 is 10.4 Å². The summed E-state index contributed by atoms with van der Waals surface area (Å²) in [4.78, 5) is 27.3. The fraction of sp³-hybridized carbons (Fsp3) is 0.0714. The van der Waals surface area contributed by atoms with Crippen molar-refractivity contribution in [3.63, 3.8) is 0 Å². The molecule has 0 unspecified atom stereocenters. The highest BCUT2D eigenvalue weighted by Gasteiger charge is 2.18. The first-order chi connectivity index (χ1) is 9.90. The lowest BCUT2D eigenvalue weighted by Crippen LogP contribution is -2.17. The van der Waals surface area contributed by atoms with Crippen LogP contribution in [0.1, 0.15) is 26.4 Å². The minimum absolute atomic E-state index is 0.0176. The molecule has 0 atom stereocenters. The number of hydrogen-bond acceptors (Lipinski definition) is 3. The molecule has 7 heteroatoms. The SMILES string of the molecule is Cc1cccc(NC(=O)c2nc(Cl)ccc2Cl)c1C(=O)O. The van der Waals surface area contributed by atoms with Gasteiger partial charge in [-0.15, -0.1) is 0 Å². The van der Waals surface area contributed by atoms with Crippen molar-refractivity contribution < 1.29 is 14.7 Å². The van der Waals surface area contributed by atoms with Gasteiger partial charge in [0.25, 0.3) is 5.91 Å². The third kappa shape index (κ3) is 3.32. The Balaban J connectivity index is 2.39. The number of carboxylic acid groups (broad SMARTS) is 1. The van der Waals surface area contributed by atoms with E-state index in [-0.39, 0.29) is 27.1 Å². The van der Waals surface area contributed by atoms with Crippen molar-refractivity contribution in [3.8, 4) is 0 Å². The molecule has 1 heterocycles. The number of aryl methyl sites for hydroxylation is 1. The second kappa shape index (κ2) is 6.11. The summed E-state index contributed by atoms with van der Waals surface area (Å²) in [6, 6.07) is 7.68. The lowest BCUT2D eigenvalue weighted by atomic mass is 10.1. The van der Waals surface area contributed by atoms with Gasteiger partial charge in [-0.1, -0.05) is 35.3 Å². The van der Waals surface area contributed by atoms with E-state index in [0.717, 1.165) is 0 Å². The van der Waals surface area contributed by atoms with E-state index in [0.29, 0.717) is 5.56 Å². The summed E-state index contributed by atoms with van der Waals surface area (Å²) in [7, 11) is 0. The smallest absolute Gasteiger partial charge is 0.338 e. The number of carbonyl (C=O) groups excluding carboxylic acids is 1. The highest BCUT2D eigenvalue weighted by Crippen LogP contribution is 2.22. The average molecular weight is 325 g/mol. The molecule has 5 nitrogen and oxygen atoms in total. The first-order valence-electron chi connectivity index (χ1n) is 5.86. The molecule has 0 radical (unpaired) electrons. The van der Waals surface area contributed by atoms with Gasteiger partial charge in [0.15, 0.2) is 0 Å². The largest absolute Gasteiger partial charge is 0.478 e. The predicted octanol–water partition coefficient (Wildman–Crippen LogP) is 3.65. The van der Waals surface area contributed by atoms with Crippen molar-refractivity contribution >= 4 is 40.8 Å². The molecule has 1 aromatic carbocycles. The topological polar surface area (TPSA) is 79.3 Å². The fourth-order valence-corrected chi connectivity index (χ4v) is 2.15. The second-order valence-corrected chi connectivity index (χ2v) is 5.02. The number of nitrogens with zero attached hydrogens (tertiary/aromatic N) is 1. The van der Waals surface area contributed by atoms with Gasteiger partial charge in [-0.3, -0.25) is 4.79 Å². The van der Waals surface area contributed by atoms with E-state index in [1.54, 1.807) is 19.1 Å². The van der Waals surface area contributed by atoms with Crippen LogP contribution in [0.3, 0.4) is 0 Å². The molecule has 2 N–H and O–H groups in total. The van der Waals surface area contributed by atoms with Crippen LogP contribution in [-0.2, 0) is 0 Å². The van der Waals surface area contributed by atoms with Crippen LogP contribution >= 0.6 is 23.2 Å². The quantitative estimate of drug-likeness (QED) is 0.844. The van der Waals surface area contributed by atoms with E-state index in [1.807, 2.05) is 0 Å². The van der Waals surface area contributed by atoms with E-state index < -0.39 is 11.9 Å². The van der Waals surface area contributed by atoms with Crippen molar-refractivity contribution in [3.05, 3.63) is 57.3 Å². The molecule has 0 aliphatic rings. The molecule has 0 fully saturated rings. The average Bonchev–Trinajstić information content (AvgIpc) is 2.41. The minimum atomic E-state index is -1.13. The molecule has 0 spiro atoms. The number of benzene rings is 1. The Bertz CT molecular complexity index is 732. The molecule has 2 rings (SSSR count). The minimum Gasteiger partial charge on any atom is -0.478 e. The zero-order valence-electron chi connectivity index (χ0n) is 10.9. The van der Waals surface area contributed by atoms with Crippen molar-refractivity contribution in [2.24, 2.45) is 0 Å². The Hall–Kier alpha value is -2.11. The third-order valence-electron chi connectivity index (χ3n) is 2.76. The van der Waals surface area contributed by atoms with Gasteiger partial charge >= 0.3 is 5.97 Å². The zero-order valence-corrected chi connectivity index (χ0v) is 12.4. The number of aromatic carboxylic acids is 1. The molecular formula is C14H10Cl2N2O3. The standard InChI is InChI=1S/C14H10Cl2N2O3/c1-7-3-2-4-9(11(7)14(20)21)17-13(19)12-8(15)5-6-10(16)18-12/h2-6H,1H3,(H,17,19)(H,20,21). The number of halogens is 2. The summed E-state index contributed by atoms with van der Waals surface area (Å²) >= 11 is 11.6. The predicted molar refractivity (Wildman–Crippen MR) is 80.3 cm³/mol. The number of nitrogens with one attached hydrogen (secondary N) is 1. The van der Waals surface area contributed by atoms with Crippen LogP contribution < -0.4 is 5.32 Å². The first-order valence-corrected chi connectivity index (χ1v) is 6.62. The van der Waals surface area contributed by atoms with Crippen LogP contribution in [0.15, 0.2) is 30.3 Å². The summed E-state index contributed by atoms with van der Waals surface area (Å²) in [5.41, 5.74) is 0.654. The maximum atomic E-state index is 12.2. The normalized spacial score (nSPS) is 10.2. The highest BCUT2D eigenvalue weighted by molar-refractivity contribution is 6.35. The van der Waals surface area contributed by atoms with Crippen molar-refractivity contribution in [1.29, 1.82) is 0 Å². The van der Waals surface area contributed by atoms with Crippen molar-refractivity contribution in [1.82, 2.24) is 4.98 Å². The monoisotopic (exact) mass is 324 g/mol. The fourth-order valence-electron chi connectivity index (χ4n) is 1.81.